The highest BCUT2D eigenvalue weighted by Gasteiger charge is 2.43. The first-order chi connectivity index (χ1) is 23.5. The summed E-state index contributed by atoms with van der Waals surface area (Å²) in [4.78, 5) is 18.5. The van der Waals surface area contributed by atoms with Gasteiger partial charge in [0.05, 0.1) is 12.3 Å². The topological polar surface area (TPSA) is 90.6 Å². The number of benzene rings is 5. The minimum atomic E-state index is -1.19. The van der Waals surface area contributed by atoms with E-state index in [4.69, 9.17) is 13.6 Å². The SMILES string of the molecule is Cc1oc(-c2ccccc2)nc1CCOc1ccc(Cc2oc(=O)n(C(c3ccccc3)(c3ccccc3)c3ccccc3)c2O)cc1. The van der Waals surface area contributed by atoms with E-state index in [1.54, 1.807) is 0 Å². The zero-order valence-corrected chi connectivity index (χ0v) is 26.5. The maximum atomic E-state index is 13.8. The third-order valence-electron chi connectivity index (χ3n) is 8.57. The zero-order chi connectivity index (χ0) is 32.9. The Bertz CT molecular complexity index is 2060. The van der Waals surface area contributed by atoms with Crippen LogP contribution < -0.4 is 10.5 Å². The van der Waals surface area contributed by atoms with Crippen LogP contribution in [0.25, 0.3) is 11.5 Å². The Balaban J connectivity index is 1.14. The molecule has 0 aliphatic rings. The van der Waals surface area contributed by atoms with E-state index in [2.05, 4.69) is 4.98 Å². The summed E-state index contributed by atoms with van der Waals surface area (Å²) in [5, 5.41) is 11.8. The molecule has 0 radical (unpaired) electrons. The fraction of sp³-hybridized carbons (Fsp3) is 0.122. The highest BCUT2D eigenvalue weighted by molar-refractivity contribution is 5.54. The molecule has 0 spiro atoms. The third kappa shape index (κ3) is 5.82. The average Bonchev–Trinajstić information content (AvgIpc) is 3.65. The van der Waals surface area contributed by atoms with Crippen molar-refractivity contribution in [1.82, 2.24) is 9.55 Å². The summed E-state index contributed by atoms with van der Waals surface area (Å²) in [6, 6.07) is 46.5. The minimum Gasteiger partial charge on any atom is -0.493 e. The molecule has 0 saturated heterocycles. The van der Waals surface area contributed by atoms with Crippen molar-refractivity contribution in [3.05, 3.63) is 196 Å². The first-order valence-corrected chi connectivity index (χ1v) is 15.9. The van der Waals surface area contributed by atoms with Gasteiger partial charge in [-0.15, -0.1) is 0 Å². The number of aromatic hydroxyl groups is 1. The van der Waals surface area contributed by atoms with Crippen molar-refractivity contribution >= 4 is 0 Å². The summed E-state index contributed by atoms with van der Waals surface area (Å²) in [6.07, 6.45) is 0.811. The molecular weight excluding hydrogens is 600 g/mol. The molecule has 0 unspecified atom stereocenters. The van der Waals surface area contributed by atoms with Gasteiger partial charge in [-0.05, 0) is 53.4 Å². The summed E-state index contributed by atoms with van der Waals surface area (Å²) in [5.74, 6) is 1.37. The molecule has 7 heteroatoms. The number of ether oxygens (including phenoxy) is 1. The van der Waals surface area contributed by atoms with Crippen LogP contribution in [-0.4, -0.2) is 21.3 Å². The van der Waals surface area contributed by atoms with Gasteiger partial charge in [-0.3, -0.25) is 0 Å². The number of rotatable bonds is 11. The van der Waals surface area contributed by atoms with Gasteiger partial charge >= 0.3 is 5.76 Å². The number of oxazole rings is 2. The second-order valence-electron chi connectivity index (χ2n) is 11.6. The predicted octanol–water partition coefficient (Wildman–Crippen LogP) is 8.16. The Morgan fingerprint density at radius 3 is 1.77 bits per heavy atom. The maximum absolute atomic E-state index is 13.8. The van der Waals surface area contributed by atoms with E-state index in [0.717, 1.165) is 39.3 Å². The molecule has 238 valence electrons. The van der Waals surface area contributed by atoms with Gasteiger partial charge in [0.25, 0.3) is 0 Å². The van der Waals surface area contributed by atoms with E-state index in [1.165, 1.54) is 4.57 Å². The second-order valence-corrected chi connectivity index (χ2v) is 11.6. The Kier molecular flexibility index (Phi) is 8.49. The van der Waals surface area contributed by atoms with Crippen LogP contribution in [-0.2, 0) is 18.4 Å². The van der Waals surface area contributed by atoms with Crippen molar-refractivity contribution in [3.63, 3.8) is 0 Å². The number of hydrogen-bond donors (Lipinski definition) is 1. The average molecular weight is 635 g/mol. The second kappa shape index (κ2) is 13.3. The van der Waals surface area contributed by atoms with Gasteiger partial charge in [0.2, 0.25) is 11.8 Å². The van der Waals surface area contributed by atoms with E-state index in [9.17, 15) is 9.90 Å². The molecule has 2 aromatic heterocycles. The van der Waals surface area contributed by atoms with Gasteiger partial charge in [-0.2, -0.15) is 0 Å². The molecule has 2 heterocycles. The summed E-state index contributed by atoms with van der Waals surface area (Å²) >= 11 is 0. The molecular formula is C41H34N2O5. The van der Waals surface area contributed by atoms with Crippen molar-refractivity contribution in [2.24, 2.45) is 0 Å². The quantitative estimate of drug-likeness (QED) is 0.144. The molecule has 0 atom stereocenters. The molecule has 0 bridgehead atoms. The van der Waals surface area contributed by atoms with E-state index in [-0.39, 0.29) is 18.1 Å². The standard InChI is InChI=1S/C41H34N2O5/c1-29-36(42-38(47-29)31-14-6-2-7-15-31)26-27-46-35-24-22-30(23-25-35)28-37-39(44)43(40(45)48-37)41(32-16-8-3-9-17-32,33-18-10-4-11-19-33)34-20-12-5-13-21-34/h2-25,44H,26-28H2,1H3. The smallest absolute Gasteiger partial charge is 0.423 e. The lowest BCUT2D eigenvalue weighted by atomic mass is 9.76. The Morgan fingerprint density at radius 2 is 1.23 bits per heavy atom. The normalized spacial score (nSPS) is 11.4. The highest BCUT2D eigenvalue weighted by Crippen LogP contribution is 2.43. The van der Waals surface area contributed by atoms with E-state index in [1.807, 2.05) is 153 Å². The zero-order valence-electron chi connectivity index (χ0n) is 26.5. The monoisotopic (exact) mass is 634 g/mol. The summed E-state index contributed by atoms with van der Waals surface area (Å²) in [7, 11) is 0. The summed E-state index contributed by atoms with van der Waals surface area (Å²) in [6.45, 7) is 2.34. The molecule has 1 N–H and O–H groups in total. The molecule has 7 rings (SSSR count). The van der Waals surface area contributed by atoms with Crippen molar-refractivity contribution < 1.29 is 18.7 Å². The van der Waals surface area contributed by atoms with E-state index < -0.39 is 11.3 Å². The van der Waals surface area contributed by atoms with Crippen molar-refractivity contribution in [3.8, 4) is 23.1 Å². The van der Waals surface area contributed by atoms with Crippen molar-refractivity contribution in [1.29, 1.82) is 0 Å². The van der Waals surface area contributed by atoms with Gasteiger partial charge < -0.3 is 18.7 Å². The van der Waals surface area contributed by atoms with Gasteiger partial charge in [0.15, 0.2) is 5.76 Å². The van der Waals surface area contributed by atoms with Crippen LogP contribution in [0.4, 0.5) is 0 Å². The molecule has 0 aliphatic carbocycles. The maximum Gasteiger partial charge on any atom is 0.423 e. The highest BCUT2D eigenvalue weighted by atomic mass is 16.5. The molecule has 5 aromatic carbocycles. The van der Waals surface area contributed by atoms with Crippen molar-refractivity contribution in [2.75, 3.05) is 6.61 Å². The molecule has 0 amide bonds. The number of aromatic nitrogens is 2. The third-order valence-corrected chi connectivity index (χ3v) is 8.57. The lowest BCUT2D eigenvalue weighted by molar-refractivity contribution is 0.320. The van der Waals surface area contributed by atoms with Crippen LogP contribution >= 0.6 is 0 Å². The summed E-state index contributed by atoms with van der Waals surface area (Å²) < 4.78 is 19.1. The molecule has 7 nitrogen and oxygen atoms in total. The lowest BCUT2D eigenvalue weighted by Crippen LogP contribution is -2.42. The first-order valence-electron chi connectivity index (χ1n) is 15.9. The Hall–Kier alpha value is -6.08. The van der Waals surface area contributed by atoms with Crippen LogP contribution in [0.15, 0.2) is 159 Å². The van der Waals surface area contributed by atoms with Crippen molar-refractivity contribution in [2.45, 2.75) is 25.3 Å². The predicted molar refractivity (Wildman–Crippen MR) is 184 cm³/mol. The van der Waals surface area contributed by atoms with E-state index >= 15 is 0 Å². The minimum absolute atomic E-state index is 0.177. The Morgan fingerprint density at radius 1 is 0.708 bits per heavy atom. The molecule has 0 aliphatic heterocycles. The van der Waals surface area contributed by atoms with Crippen LogP contribution in [0.5, 0.6) is 11.6 Å². The molecule has 0 saturated carbocycles. The number of nitrogens with zero attached hydrogens (tertiary/aromatic N) is 2. The number of aryl methyl sites for hydroxylation is 1. The number of hydrogen-bond acceptors (Lipinski definition) is 6. The summed E-state index contributed by atoms with van der Waals surface area (Å²) in [5.41, 5.74) is 3.89. The van der Waals surface area contributed by atoms with Crippen LogP contribution in [0.3, 0.4) is 0 Å². The molecule has 7 aromatic rings. The van der Waals surface area contributed by atoms with Crippen LogP contribution in [0.1, 0.15) is 39.5 Å². The largest absolute Gasteiger partial charge is 0.493 e. The molecule has 48 heavy (non-hydrogen) atoms. The van der Waals surface area contributed by atoms with Gasteiger partial charge in [0, 0.05) is 18.4 Å². The van der Waals surface area contributed by atoms with Gasteiger partial charge in [0.1, 0.15) is 17.0 Å². The Labute approximate surface area is 278 Å². The van der Waals surface area contributed by atoms with Crippen LogP contribution in [0, 0.1) is 6.92 Å². The lowest BCUT2D eigenvalue weighted by Gasteiger charge is -2.36. The van der Waals surface area contributed by atoms with Gasteiger partial charge in [-0.1, -0.05) is 121 Å². The van der Waals surface area contributed by atoms with E-state index in [0.29, 0.717) is 24.7 Å². The molecule has 0 fully saturated rings. The van der Waals surface area contributed by atoms with Gasteiger partial charge in [-0.25, -0.2) is 14.3 Å². The first kappa shape index (κ1) is 30.6. The van der Waals surface area contributed by atoms with Crippen LogP contribution in [0.2, 0.25) is 0 Å². The fourth-order valence-corrected chi connectivity index (χ4v) is 6.26. The fourth-order valence-electron chi connectivity index (χ4n) is 6.26.